The third kappa shape index (κ3) is 2.66. The van der Waals surface area contributed by atoms with Gasteiger partial charge in [-0.25, -0.2) is 0 Å². The lowest BCUT2D eigenvalue weighted by Crippen LogP contribution is -2.32. The third-order valence-electron chi connectivity index (χ3n) is 4.13. The molecule has 0 N–H and O–H groups in total. The molecule has 1 saturated heterocycles. The molecule has 1 aliphatic heterocycles. The molecule has 0 bridgehead atoms. The number of carbonyl (C=O) groups excluding carboxylic acids is 1. The number of nitrogens with zero attached hydrogens (tertiary/aromatic N) is 3. The van der Waals surface area contributed by atoms with Crippen LogP contribution in [0.15, 0.2) is 47.5 Å². The number of rotatable bonds is 3. The first kappa shape index (κ1) is 14.5. The molecule has 0 spiro atoms. The highest BCUT2D eigenvalue weighted by Crippen LogP contribution is 2.31. The topological polar surface area (TPSA) is 55.2 Å². The van der Waals surface area contributed by atoms with Gasteiger partial charge in [-0.3, -0.25) is 14.6 Å². The summed E-state index contributed by atoms with van der Waals surface area (Å²) in [6.07, 6.45) is 5.30. The van der Waals surface area contributed by atoms with Crippen molar-refractivity contribution in [3.8, 4) is 0 Å². The first-order valence-corrected chi connectivity index (χ1v) is 7.63. The van der Waals surface area contributed by atoms with Crippen molar-refractivity contribution in [3.63, 3.8) is 0 Å². The van der Waals surface area contributed by atoms with Gasteiger partial charge >= 0.3 is 0 Å². The molecule has 2 aromatic rings. The lowest BCUT2D eigenvalue weighted by Gasteiger charge is -2.24. The number of pyridine rings is 2. The minimum absolute atomic E-state index is 0.00214. The largest absolute Gasteiger partial charge is 0.330 e. The molecule has 2 aromatic heterocycles. The van der Waals surface area contributed by atoms with Crippen LogP contribution < -0.4 is 5.56 Å². The number of likely N-dealkylation sites (tertiary alicyclic amines) is 1. The summed E-state index contributed by atoms with van der Waals surface area (Å²) in [5.74, 6) is -0.0893. The van der Waals surface area contributed by atoms with E-state index in [-0.39, 0.29) is 17.5 Å². The Kier molecular flexibility index (Phi) is 4.04. The van der Waals surface area contributed by atoms with Gasteiger partial charge in [-0.05, 0) is 38.0 Å². The zero-order valence-corrected chi connectivity index (χ0v) is 12.6. The fraction of sp³-hybridized carbons (Fsp3) is 0.353. The maximum atomic E-state index is 12.7. The number of amides is 1. The average Bonchev–Trinajstić information content (AvgIpc) is 3.04. The summed E-state index contributed by atoms with van der Waals surface area (Å²) in [6, 6.07) is 8.91. The Morgan fingerprint density at radius 2 is 2.23 bits per heavy atom. The van der Waals surface area contributed by atoms with E-state index in [0.29, 0.717) is 18.7 Å². The van der Waals surface area contributed by atoms with Crippen molar-refractivity contribution < 1.29 is 4.79 Å². The Hall–Kier alpha value is -2.43. The molecule has 114 valence electrons. The van der Waals surface area contributed by atoms with Gasteiger partial charge in [0.05, 0.1) is 11.7 Å². The highest BCUT2D eigenvalue weighted by Gasteiger charge is 2.31. The van der Waals surface area contributed by atoms with Crippen molar-refractivity contribution in [1.82, 2.24) is 14.5 Å². The van der Waals surface area contributed by atoms with E-state index in [0.717, 1.165) is 18.5 Å². The molecule has 0 aromatic carbocycles. The Labute approximate surface area is 129 Å². The van der Waals surface area contributed by atoms with E-state index in [9.17, 15) is 9.59 Å². The summed E-state index contributed by atoms with van der Waals surface area (Å²) in [6.45, 7) is 3.21. The maximum absolute atomic E-state index is 12.7. The van der Waals surface area contributed by atoms with Gasteiger partial charge in [-0.15, -0.1) is 0 Å². The molecule has 1 fully saturated rings. The van der Waals surface area contributed by atoms with Crippen LogP contribution in [-0.4, -0.2) is 26.9 Å². The maximum Gasteiger partial charge on any atom is 0.254 e. The number of hydrogen-bond acceptors (Lipinski definition) is 3. The van der Waals surface area contributed by atoms with Crippen LogP contribution in [0.25, 0.3) is 0 Å². The second kappa shape index (κ2) is 6.13. The zero-order valence-electron chi connectivity index (χ0n) is 12.6. The quantitative estimate of drug-likeness (QED) is 0.873. The van der Waals surface area contributed by atoms with Crippen LogP contribution in [0.2, 0.25) is 0 Å². The molecule has 5 heteroatoms. The van der Waals surface area contributed by atoms with Crippen molar-refractivity contribution in [3.05, 3.63) is 64.3 Å². The lowest BCUT2D eigenvalue weighted by atomic mass is 10.1. The molecule has 1 aliphatic rings. The van der Waals surface area contributed by atoms with Crippen LogP contribution in [-0.2, 0) is 6.54 Å². The predicted octanol–water partition coefficient (Wildman–Crippen LogP) is 2.24. The van der Waals surface area contributed by atoms with E-state index in [1.54, 1.807) is 23.0 Å². The monoisotopic (exact) mass is 297 g/mol. The van der Waals surface area contributed by atoms with E-state index >= 15 is 0 Å². The standard InChI is InChI=1S/C17H19N3O2/c1-2-19-11-8-13(12-16(19)21)17(22)20-10-5-7-15(20)14-6-3-4-9-18-14/h3-4,6,8-9,11-12,15H,2,5,7,10H2,1H3. The van der Waals surface area contributed by atoms with Crippen molar-refractivity contribution in [2.75, 3.05) is 6.54 Å². The highest BCUT2D eigenvalue weighted by molar-refractivity contribution is 5.94. The van der Waals surface area contributed by atoms with Gasteiger partial charge in [0.1, 0.15) is 0 Å². The summed E-state index contributed by atoms with van der Waals surface area (Å²) in [7, 11) is 0. The Balaban J connectivity index is 1.88. The number of aryl methyl sites for hydroxylation is 1. The van der Waals surface area contributed by atoms with Gasteiger partial charge in [0.15, 0.2) is 0 Å². The molecule has 0 aliphatic carbocycles. The van der Waals surface area contributed by atoms with Gasteiger partial charge in [-0.2, -0.15) is 0 Å². The van der Waals surface area contributed by atoms with E-state index < -0.39 is 0 Å². The number of carbonyl (C=O) groups is 1. The van der Waals surface area contributed by atoms with Crippen molar-refractivity contribution in [2.24, 2.45) is 0 Å². The molecule has 1 atom stereocenters. The first-order valence-electron chi connectivity index (χ1n) is 7.63. The third-order valence-corrected chi connectivity index (χ3v) is 4.13. The van der Waals surface area contributed by atoms with Gasteiger partial charge in [0, 0.05) is 37.1 Å². The van der Waals surface area contributed by atoms with E-state index in [2.05, 4.69) is 4.98 Å². The fourth-order valence-electron chi connectivity index (χ4n) is 2.96. The Morgan fingerprint density at radius 1 is 1.36 bits per heavy atom. The summed E-state index contributed by atoms with van der Waals surface area (Å²) in [4.78, 5) is 30.9. The second-order valence-electron chi connectivity index (χ2n) is 5.45. The fourth-order valence-corrected chi connectivity index (χ4v) is 2.96. The molecular weight excluding hydrogens is 278 g/mol. The zero-order chi connectivity index (χ0) is 15.5. The van der Waals surface area contributed by atoms with Crippen molar-refractivity contribution in [2.45, 2.75) is 32.4 Å². The smallest absolute Gasteiger partial charge is 0.254 e. The van der Waals surface area contributed by atoms with E-state index in [1.165, 1.54) is 6.07 Å². The van der Waals surface area contributed by atoms with Gasteiger partial charge in [0.25, 0.3) is 11.5 Å². The van der Waals surface area contributed by atoms with Crippen LogP contribution in [0.1, 0.15) is 41.9 Å². The van der Waals surface area contributed by atoms with E-state index in [1.807, 2.05) is 30.0 Å². The van der Waals surface area contributed by atoms with Crippen LogP contribution in [0.5, 0.6) is 0 Å². The lowest BCUT2D eigenvalue weighted by molar-refractivity contribution is 0.0732. The normalized spacial score (nSPS) is 17.7. The average molecular weight is 297 g/mol. The molecule has 0 radical (unpaired) electrons. The van der Waals surface area contributed by atoms with Crippen LogP contribution in [0.4, 0.5) is 0 Å². The molecule has 0 saturated carbocycles. The van der Waals surface area contributed by atoms with Crippen LogP contribution >= 0.6 is 0 Å². The first-order chi connectivity index (χ1) is 10.7. The molecule has 22 heavy (non-hydrogen) atoms. The highest BCUT2D eigenvalue weighted by atomic mass is 16.2. The second-order valence-corrected chi connectivity index (χ2v) is 5.45. The number of aromatic nitrogens is 2. The Morgan fingerprint density at radius 3 is 2.91 bits per heavy atom. The molecule has 3 rings (SSSR count). The molecular formula is C17H19N3O2. The summed E-state index contributed by atoms with van der Waals surface area (Å²) < 4.78 is 1.58. The van der Waals surface area contributed by atoms with Gasteiger partial charge in [-0.1, -0.05) is 6.07 Å². The predicted molar refractivity (Wildman–Crippen MR) is 83.6 cm³/mol. The minimum atomic E-state index is -0.137. The summed E-state index contributed by atoms with van der Waals surface area (Å²) in [5.41, 5.74) is 1.23. The minimum Gasteiger partial charge on any atom is -0.330 e. The van der Waals surface area contributed by atoms with Crippen molar-refractivity contribution in [1.29, 1.82) is 0 Å². The Bertz CT molecular complexity index is 724. The molecule has 1 amide bonds. The van der Waals surface area contributed by atoms with Gasteiger partial charge < -0.3 is 9.47 Å². The summed E-state index contributed by atoms with van der Waals surface area (Å²) >= 11 is 0. The molecule has 1 unspecified atom stereocenters. The van der Waals surface area contributed by atoms with E-state index in [4.69, 9.17) is 0 Å². The van der Waals surface area contributed by atoms with Crippen LogP contribution in [0, 0.1) is 0 Å². The van der Waals surface area contributed by atoms with Crippen molar-refractivity contribution >= 4 is 5.91 Å². The molecule has 5 nitrogen and oxygen atoms in total. The number of hydrogen-bond donors (Lipinski definition) is 0. The van der Waals surface area contributed by atoms with Gasteiger partial charge in [0.2, 0.25) is 0 Å². The summed E-state index contributed by atoms with van der Waals surface area (Å²) in [5, 5.41) is 0. The molecule has 3 heterocycles. The van der Waals surface area contributed by atoms with Crippen LogP contribution in [0.3, 0.4) is 0 Å². The SMILES string of the molecule is CCn1ccc(C(=O)N2CCCC2c2ccccn2)cc1=O.